The van der Waals surface area contributed by atoms with Crippen LogP contribution in [0.15, 0.2) is 35.2 Å². The molecule has 1 N–H and O–H groups in total. The van der Waals surface area contributed by atoms with E-state index in [1.807, 2.05) is 6.07 Å². The summed E-state index contributed by atoms with van der Waals surface area (Å²) in [6.45, 7) is 0.958. The fourth-order valence-electron chi connectivity index (χ4n) is 2.97. The molecule has 2 heterocycles. The fraction of sp³-hybridized carbons (Fsp3) is 0.250. The Kier molecular flexibility index (Phi) is 3.39. The first-order valence-corrected chi connectivity index (χ1v) is 9.14. The molecule has 4 rings (SSSR count). The lowest BCUT2D eigenvalue weighted by atomic mass is 10.1. The molecule has 5 nitrogen and oxygen atoms in total. The van der Waals surface area contributed by atoms with Crippen LogP contribution >= 0.6 is 11.6 Å². The van der Waals surface area contributed by atoms with Crippen molar-refractivity contribution < 1.29 is 17.9 Å². The Morgan fingerprint density at radius 1 is 1.09 bits per heavy atom. The number of para-hydroxylation sites is 1. The molecule has 0 radical (unpaired) electrons. The van der Waals surface area contributed by atoms with Crippen LogP contribution in [0.5, 0.6) is 11.5 Å². The SMILES string of the molecule is O=S(=O)(Nc1ccccc1Cl)c1c2c(cc3c1OCC3)OCC2. The van der Waals surface area contributed by atoms with Crippen molar-refractivity contribution in [2.75, 3.05) is 17.9 Å². The van der Waals surface area contributed by atoms with Crippen molar-refractivity contribution in [2.45, 2.75) is 17.7 Å². The molecule has 2 aromatic carbocycles. The van der Waals surface area contributed by atoms with Crippen molar-refractivity contribution >= 4 is 27.3 Å². The highest BCUT2D eigenvalue weighted by Gasteiger charge is 2.34. The van der Waals surface area contributed by atoms with Crippen molar-refractivity contribution in [3.05, 3.63) is 46.5 Å². The molecule has 0 saturated carbocycles. The summed E-state index contributed by atoms with van der Waals surface area (Å²) in [5.41, 5.74) is 1.88. The molecule has 0 bridgehead atoms. The van der Waals surface area contributed by atoms with Crippen molar-refractivity contribution in [2.24, 2.45) is 0 Å². The van der Waals surface area contributed by atoms with Crippen LogP contribution in [0.1, 0.15) is 11.1 Å². The molecule has 2 aliphatic heterocycles. The van der Waals surface area contributed by atoms with E-state index in [0.29, 0.717) is 53.8 Å². The normalized spacial score (nSPS) is 15.5. The van der Waals surface area contributed by atoms with Crippen LogP contribution in [-0.2, 0) is 22.9 Å². The third kappa shape index (κ3) is 2.42. The number of ether oxygens (including phenoxy) is 2. The Morgan fingerprint density at radius 3 is 2.70 bits per heavy atom. The predicted molar refractivity (Wildman–Crippen MR) is 87.1 cm³/mol. The van der Waals surface area contributed by atoms with Gasteiger partial charge in [0.15, 0.2) is 0 Å². The van der Waals surface area contributed by atoms with Crippen LogP contribution in [0, 0.1) is 0 Å². The van der Waals surface area contributed by atoms with E-state index in [9.17, 15) is 8.42 Å². The predicted octanol–water partition coefficient (Wildman–Crippen LogP) is 3.01. The highest BCUT2D eigenvalue weighted by atomic mass is 35.5. The van der Waals surface area contributed by atoms with Gasteiger partial charge in [0, 0.05) is 24.0 Å². The molecule has 120 valence electrons. The first-order valence-electron chi connectivity index (χ1n) is 7.28. The number of sulfonamides is 1. The van der Waals surface area contributed by atoms with Gasteiger partial charge in [-0.15, -0.1) is 0 Å². The van der Waals surface area contributed by atoms with E-state index in [2.05, 4.69) is 4.72 Å². The monoisotopic (exact) mass is 351 g/mol. The van der Waals surface area contributed by atoms with Crippen molar-refractivity contribution in [3.8, 4) is 11.5 Å². The Hall–Kier alpha value is -1.92. The molecule has 0 spiro atoms. The molecule has 0 atom stereocenters. The fourth-order valence-corrected chi connectivity index (χ4v) is 4.73. The minimum absolute atomic E-state index is 0.180. The Bertz CT molecular complexity index is 863. The standard InChI is InChI=1S/C16H14ClNO4S/c17-12-3-1-2-4-13(12)18-23(19,20)16-11-6-8-21-14(11)9-10-5-7-22-15(10)16/h1-4,9,18H,5-8H2. The summed E-state index contributed by atoms with van der Waals surface area (Å²) in [5.74, 6) is 1.07. The van der Waals surface area contributed by atoms with Gasteiger partial charge in [-0.3, -0.25) is 4.72 Å². The summed E-state index contributed by atoms with van der Waals surface area (Å²) in [6.07, 6.45) is 1.23. The van der Waals surface area contributed by atoms with Gasteiger partial charge in [-0.05, 0) is 18.2 Å². The zero-order valence-corrected chi connectivity index (χ0v) is 13.7. The molecule has 0 aliphatic carbocycles. The van der Waals surface area contributed by atoms with Gasteiger partial charge < -0.3 is 9.47 Å². The van der Waals surface area contributed by atoms with E-state index < -0.39 is 10.0 Å². The minimum Gasteiger partial charge on any atom is -0.493 e. The molecule has 0 unspecified atom stereocenters. The first-order chi connectivity index (χ1) is 11.1. The number of hydrogen-bond donors (Lipinski definition) is 1. The number of benzene rings is 2. The van der Waals surface area contributed by atoms with E-state index >= 15 is 0 Å². The maximum atomic E-state index is 13.0. The van der Waals surface area contributed by atoms with E-state index in [1.54, 1.807) is 24.3 Å². The van der Waals surface area contributed by atoms with Gasteiger partial charge in [0.1, 0.15) is 16.4 Å². The summed E-state index contributed by atoms with van der Waals surface area (Å²) in [4.78, 5) is 0.180. The van der Waals surface area contributed by atoms with Gasteiger partial charge in [-0.1, -0.05) is 23.7 Å². The van der Waals surface area contributed by atoms with Crippen LogP contribution in [0.3, 0.4) is 0 Å². The van der Waals surface area contributed by atoms with Gasteiger partial charge in [-0.25, -0.2) is 8.42 Å². The number of halogens is 1. The van der Waals surface area contributed by atoms with Gasteiger partial charge in [-0.2, -0.15) is 0 Å². The molecule has 0 amide bonds. The van der Waals surface area contributed by atoms with E-state index in [4.69, 9.17) is 21.1 Å². The molecule has 7 heteroatoms. The molecule has 2 aliphatic rings. The molecular formula is C16H14ClNO4S. The molecule has 0 fully saturated rings. The van der Waals surface area contributed by atoms with E-state index in [-0.39, 0.29) is 4.90 Å². The van der Waals surface area contributed by atoms with Crippen molar-refractivity contribution in [3.63, 3.8) is 0 Å². The molecule has 0 aromatic heterocycles. The smallest absolute Gasteiger partial charge is 0.266 e. The summed E-state index contributed by atoms with van der Waals surface area (Å²) in [7, 11) is -3.83. The Balaban J connectivity index is 1.86. The zero-order chi connectivity index (χ0) is 16.0. The van der Waals surface area contributed by atoms with Gasteiger partial charge >= 0.3 is 0 Å². The zero-order valence-electron chi connectivity index (χ0n) is 12.1. The second-order valence-corrected chi connectivity index (χ2v) is 7.48. The Morgan fingerprint density at radius 2 is 1.87 bits per heavy atom. The van der Waals surface area contributed by atoms with E-state index in [1.165, 1.54) is 0 Å². The van der Waals surface area contributed by atoms with Gasteiger partial charge in [0.05, 0.1) is 23.9 Å². The number of hydrogen-bond acceptors (Lipinski definition) is 4. The largest absolute Gasteiger partial charge is 0.493 e. The van der Waals surface area contributed by atoms with Gasteiger partial charge in [0.25, 0.3) is 10.0 Å². The lowest BCUT2D eigenvalue weighted by molar-refractivity contribution is 0.348. The van der Waals surface area contributed by atoms with Crippen LogP contribution < -0.4 is 14.2 Å². The first kappa shape index (κ1) is 14.7. The molecule has 23 heavy (non-hydrogen) atoms. The highest BCUT2D eigenvalue weighted by molar-refractivity contribution is 7.93. The second-order valence-electron chi connectivity index (χ2n) is 5.45. The van der Waals surface area contributed by atoms with E-state index in [0.717, 1.165) is 5.56 Å². The number of fused-ring (bicyclic) bond motifs is 2. The summed E-state index contributed by atoms with van der Waals surface area (Å²) in [5, 5.41) is 0.345. The second kappa shape index (κ2) is 5.32. The number of rotatable bonds is 3. The highest BCUT2D eigenvalue weighted by Crippen LogP contribution is 2.43. The molecule has 0 saturated heterocycles. The maximum Gasteiger partial charge on any atom is 0.266 e. The molecule has 2 aromatic rings. The summed E-state index contributed by atoms with van der Waals surface area (Å²) in [6, 6.07) is 8.62. The average Bonchev–Trinajstić information content (AvgIpc) is 3.14. The van der Waals surface area contributed by atoms with Gasteiger partial charge in [0.2, 0.25) is 0 Å². The Labute approximate surface area is 139 Å². The summed E-state index contributed by atoms with van der Waals surface area (Å²) >= 11 is 6.07. The third-order valence-corrected chi connectivity index (χ3v) is 5.78. The lowest BCUT2D eigenvalue weighted by Crippen LogP contribution is -2.16. The van der Waals surface area contributed by atoms with Crippen LogP contribution in [0.25, 0.3) is 0 Å². The van der Waals surface area contributed by atoms with Crippen LogP contribution in [-0.4, -0.2) is 21.6 Å². The lowest BCUT2D eigenvalue weighted by Gasteiger charge is -2.15. The third-order valence-electron chi connectivity index (χ3n) is 3.99. The van der Waals surface area contributed by atoms with Crippen LogP contribution in [0.4, 0.5) is 5.69 Å². The van der Waals surface area contributed by atoms with Crippen molar-refractivity contribution in [1.82, 2.24) is 0 Å². The quantitative estimate of drug-likeness (QED) is 0.923. The number of nitrogens with one attached hydrogen (secondary N) is 1. The minimum atomic E-state index is -3.83. The maximum absolute atomic E-state index is 13.0. The molecular weight excluding hydrogens is 338 g/mol. The average molecular weight is 352 g/mol. The topological polar surface area (TPSA) is 64.6 Å². The van der Waals surface area contributed by atoms with Crippen LogP contribution in [0.2, 0.25) is 5.02 Å². The number of anilines is 1. The summed E-state index contributed by atoms with van der Waals surface area (Å²) < 4.78 is 39.7. The van der Waals surface area contributed by atoms with Crippen molar-refractivity contribution in [1.29, 1.82) is 0 Å².